The van der Waals surface area contributed by atoms with Gasteiger partial charge in [0.2, 0.25) is 0 Å². The molecule has 1 aliphatic rings. The minimum atomic E-state index is -0.518. The third kappa shape index (κ3) is 4.48. The maximum atomic E-state index is 12.0. The molecule has 0 aliphatic carbocycles. The fraction of sp³-hybridized carbons (Fsp3) is 0.364. The van der Waals surface area contributed by atoms with Crippen LogP contribution in [0, 0.1) is 6.92 Å². The molecule has 0 saturated carbocycles. The first kappa shape index (κ1) is 19.0. The van der Waals surface area contributed by atoms with Crippen LogP contribution in [0.5, 0.6) is 5.75 Å². The van der Waals surface area contributed by atoms with Gasteiger partial charge in [-0.25, -0.2) is 4.79 Å². The van der Waals surface area contributed by atoms with Crippen LogP contribution >= 0.6 is 0 Å². The monoisotopic (exact) mass is 367 g/mol. The number of hydrogen-bond acceptors (Lipinski definition) is 4. The van der Waals surface area contributed by atoms with Crippen molar-refractivity contribution in [1.29, 1.82) is 0 Å². The van der Waals surface area contributed by atoms with Crippen LogP contribution in [-0.4, -0.2) is 42.1 Å². The van der Waals surface area contributed by atoms with Crippen LogP contribution in [0.1, 0.15) is 36.7 Å². The zero-order valence-electron chi connectivity index (χ0n) is 16.2. The minimum Gasteiger partial charge on any atom is -0.486 e. The Morgan fingerprint density at radius 3 is 2.48 bits per heavy atom. The summed E-state index contributed by atoms with van der Waals surface area (Å²) in [6.45, 7) is 8.46. The Hall–Kier alpha value is -2.82. The molecule has 0 bridgehead atoms. The van der Waals surface area contributed by atoms with Crippen molar-refractivity contribution in [2.45, 2.75) is 39.4 Å². The van der Waals surface area contributed by atoms with E-state index >= 15 is 0 Å². The van der Waals surface area contributed by atoms with E-state index in [1.54, 1.807) is 11.0 Å². The summed E-state index contributed by atoms with van der Waals surface area (Å²) in [5.74, 6) is 0.541. The molecule has 3 rings (SSSR count). The summed E-state index contributed by atoms with van der Waals surface area (Å²) in [6.07, 6.45) is 0.302. The van der Waals surface area contributed by atoms with Gasteiger partial charge < -0.3 is 14.4 Å². The molecule has 0 unspecified atom stereocenters. The van der Waals surface area contributed by atoms with E-state index in [1.165, 1.54) is 0 Å². The lowest BCUT2D eigenvalue weighted by Crippen LogP contribution is -2.57. The Morgan fingerprint density at radius 2 is 1.85 bits per heavy atom. The number of amides is 1. The van der Waals surface area contributed by atoms with Crippen LogP contribution in [0.2, 0.25) is 0 Å². The van der Waals surface area contributed by atoms with E-state index < -0.39 is 5.60 Å². The Kier molecular flexibility index (Phi) is 5.22. The molecule has 0 radical (unpaired) electrons. The van der Waals surface area contributed by atoms with Crippen molar-refractivity contribution < 1.29 is 19.1 Å². The lowest BCUT2D eigenvalue weighted by atomic mass is 9.99. The second-order valence-electron chi connectivity index (χ2n) is 7.81. The molecule has 0 atom stereocenters. The fourth-order valence-electron chi connectivity index (χ4n) is 2.97. The lowest BCUT2D eigenvalue weighted by Gasteiger charge is -2.39. The van der Waals surface area contributed by atoms with E-state index in [0.29, 0.717) is 24.4 Å². The summed E-state index contributed by atoms with van der Waals surface area (Å²) < 4.78 is 11.4. The number of hydrogen-bond donors (Lipinski definition) is 0. The number of benzene rings is 2. The molecule has 142 valence electrons. The predicted molar refractivity (Wildman–Crippen MR) is 104 cm³/mol. The van der Waals surface area contributed by atoms with Crippen LogP contribution < -0.4 is 4.74 Å². The maximum absolute atomic E-state index is 12.0. The van der Waals surface area contributed by atoms with Crippen molar-refractivity contribution in [3.8, 4) is 16.9 Å². The summed E-state index contributed by atoms with van der Waals surface area (Å²) in [7, 11) is 0. The second-order valence-corrected chi connectivity index (χ2v) is 7.81. The molecule has 2 aromatic rings. The largest absolute Gasteiger partial charge is 0.486 e. The van der Waals surface area contributed by atoms with Gasteiger partial charge in [-0.1, -0.05) is 30.3 Å². The molecule has 1 aliphatic heterocycles. The number of rotatable bonds is 4. The highest BCUT2D eigenvalue weighted by molar-refractivity contribution is 5.82. The van der Waals surface area contributed by atoms with E-state index in [9.17, 15) is 9.59 Å². The van der Waals surface area contributed by atoms with Gasteiger partial charge in [-0.05, 0) is 56.5 Å². The number of carbonyl (C=O) groups excluding carboxylic acids is 2. The number of nitrogens with zero attached hydrogens (tertiary/aromatic N) is 1. The normalized spacial score (nSPS) is 14.4. The van der Waals surface area contributed by atoms with Crippen molar-refractivity contribution >= 4 is 12.4 Å². The smallest absolute Gasteiger partial charge is 0.410 e. The van der Waals surface area contributed by atoms with Crippen molar-refractivity contribution in [2.24, 2.45) is 0 Å². The van der Waals surface area contributed by atoms with Gasteiger partial charge in [0.05, 0.1) is 18.7 Å². The summed E-state index contributed by atoms with van der Waals surface area (Å²) >= 11 is 0. The first-order valence-electron chi connectivity index (χ1n) is 9.06. The zero-order chi connectivity index (χ0) is 19.6. The first-order chi connectivity index (χ1) is 12.8. The molecule has 2 aromatic carbocycles. The van der Waals surface area contributed by atoms with Crippen molar-refractivity contribution in [3.05, 3.63) is 53.6 Å². The van der Waals surface area contributed by atoms with Crippen LogP contribution in [0.4, 0.5) is 4.79 Å². The minimum absolute atomic E-state index is 0.150. The number of ether oxygens (including phenoxy) is 2. The third-order valence-corrected chi connectivity index (χ3v) is 4.39. The first-order valence-corrected chi connectivity index (χ1v) is 9.06. The molecule has 1 saturated heterocycles. The molecule has 27 heavy (non-hydrogen) atoms. The Balaban J connectivity index is 1.71. The number of aldehydes is 1. The average Bonchev–Trinajstić information content (AvgIpc) is 2.56. The van der Waals surface area contributed by atoms with Gasteiger partial charge in [0.15, 0.2) is 6.29 Å². The van der Waals surface area contributed by atoms with Crippen molar-refractivity contribution in [1.82, 2.24) is 4.90 Å². The van der Waals surface area contributed by atoms with Gasteiger partial charge in [0.1, 0.15) is 17.5 Å². The summed E-state index contributed by atoms with van der Waals surface area (Å²) in [5.41, 5.74) is 3.24. The van der Waals surface area contributed by atoms with E-state index in [2.05, 4.69) is 0 Å². The number of likely N-dealkylation sites (tertiary alicyclic amines) is 1. The van der Waals surface area contributed by atoms with E-state index in [0.717, 1.165) is 23.0 Å². The lowest BCUT2D eigenvalue weighted by molar-refractivity contribution is -0.0222. The average molecular weight is 367 g/mol. The molecule has 0 spiro atoms. The highest BCUT2D eigenvalue weighted by Gasteiger charge is 2.35. The molecule has 5 nitrogen and oxygen atoms in total. The van der Waals surface area contributed by atoms with Crippen molar-refractivity contribution in [2.75, 3.05) is 13.1 Å². The summed E-state index contributed by atoms with van der Waals surface area (Å²) in [6, 6.07) is 13.7. The highest BCUT2D eigenvalue weighted by Crippen LogP contribution is 2.30. The quantitative estimate of drug-likeness (QED) is 0.748. The van der Waals surface area contributed by atoms with Gasteiger partial charge >= 0.3 is 6.09 Å². The predicted octanol–water partition coefficient (Wildman–Crippen LogP) is 4.47. The molecule has 0 aromatic heterocycles. The number of carbonyl (C=O) groups is 2. The van der Waals surface area contributed by atoms with E-state index in [1.807, 2.05) is 64.1 Å². The standard InChI is InChI=1S/C22H25NO4/c1-15-7-5-6-8-19(15)16-9-10-17(14-24)20(11-16)26-18-12-23(13-18)21(25)27-22(2,3)4/h5-11,14,18H,12-13H2,1-4H3. The van der Waals surface area contributed by atoms with Crippen LogP contribution in [-0.2, 0) is 4.74 Å². The van der Waals surface area contributed by atoms with Gasteiger partial charge in [0.25, 0.3) is 0 Å². The molecule has 1 heterocycles. The SMILES string of the molecule is Cc1ccccc1-c1ccc(C=O)c(OC2CN(C(=O)OC(C)(C)C)C2)c1. The number of aryl methyl sites for hydroxylation is 1. The fourth-order valence-corrected chi connectivity index (χ4v) is 2.97. The van der Waals surface area contributed by atoms with Crippen molar-refractivity contribution in [3.63, 3.8) is 0 Å². The molecular weight excluding hydrogens is 342 g/mol. The zero-order valence-corrected chi connectivity index (χ0v) is 16.2. The Labute approximate surface area is 159 Å². The Bertz CT molecular complexity index is 848. The summed E-state index contributed by atoms with van der Waals surface area (Å²) in [4.78, 5) is 25.0. The Morgan fingerprint density at radius 1 is 1.15 bits per heavy atom. The van der Waals surface area contributed by atoms with Gasteiger partial charge in [0, 0.05) is 0 Å². The third-order valence-electron chi connectivity index (χ3n) is 4.39. The molecule has 5 heteroatoms. The molecule has 1 fully saturated rings. The molecule has 1 amide bonds. The van der Waals surface area contributed by atoms with Gasteiger partial charge in [-0.2, -0.15) is 0 Å². The molecule has 0 N–H and O–H groups in total. The van der Waals surface area contributed by atoms with Crippen LogP contribution in [0.3, 0.4) is 0 Å². The van der Waals surface area contributed by atoms with Crippen LogP contribution in [0.25, 0.3) is 11.1 Å². The summed E-state index contributed by atoms with van der Waals surface area (Å²) in [5, 5.41) is 0. The van der Waals surface area contributed by atoms with E-state index in [4.69, 9.17) is 9.47 Å². The topological polar surface area (TPSA) is 55.8 Å². The highest BCUT2D eigenvalue weighted by atomic mass is 16.6. The maximum Gasteiger partial charge on any atom is 0.410 e. The van der Waals surface area contributed by atoms with Gasteiger partial charge in [-0.3, -0.25) is 4.79 Å². The van der Waals surface area contributed by atoms with E-state index in [-0.39, 0.29) is 12.2 Å². The second kappa shape index (κ2) is 7.43. The molecular formula is C22H25NO4. The van der Waals surface area contributed by atoms with Crippen LogP contribution in [0.15, 0.2) is 42.5 Å². The van der Waals surface area contributed by atoms with Gasteiger partial charge in [-0.15, -0.1) is 0 Å².